The number of sulfonamides is 1. The van der Waals surface area contributed by atoms with Gasteiger partial charge < -0.3 is 0 Å². The number of nitrogens with zero attached hydrogens (tertiary/aromatic N) is 2. The topological polar surface area (TPSA) is 73.1 Å². The fourth-order valence-electron chi connectivity index (χ4n) is 2.96. The molecule has 3 aromatic rings. The van der Waals surface area contributed by atoms with Crippen LogP contribution in [0.15, 0.2) is 58.2 Å². The van der Waals surface area contributed by atoms with Crippen molar-refractivity contribution in [2.75, 3.05) is 4.72 Å². The average molecular weight is 479 g/mol. The zero-order chi connectivity index (χ0) is 24.1. The number of benzene rings is 2. The van der Waals surface area contributed by atoms with E-state index in [9.17, 15) is 39.6 Å². The fourth-order valence-corrected chi connectivity index (χ4v) is 4.15. The molecule has 0 fully saturated rings. The molecule has 1 heterocycles. The van der Waals surface area contributed by atoms with Crippen LogP contribution >= 0.6 is 0 Å². The van der Waals surface area contributed by atoms with E-state index in [0.717, 1.165) is 4.68 Å². The minimum absolute atomic E-state index is 0.0750. The molecule has 13 heteroatoms. The Balaban J connectivity index is 2.15. The number of para-hydroxylation sites is 1. The summed E-state index contributed by atoms with van der Waals surface area (Å²) in [5, 5.41) is 0. The number of hydrogen-bond donors (Lipinski definition) is 1. The fraction of sp³-hybridized carbons (Fsp3) is 0.211. The third kappa shape index (κ3) is 4.38. The van der Waals surface area contributed by atoms with Crippen molar-refractivity contribution in [3.05, 3.63) is 75.7 Å². The first-order valence-corrected chi connectivity index (χ1v) is 10.3. The number of hydrogen-bond acceptors (Lipinski definition) is 3. The standard InChI is InChI=1S/C19H15F6N3O3S/c1-11-16(17(29)28(27(11)2)14-6-4-3-5-7-14)26-32(30,31)15-9-12(18(20,21)22)8-13(10-15)19(23,24)25/h3-10,26H,1-2H3. The van der Waals surface area contributed by atoms with Gasteiger partial charge in [0.1, 0.15) is 5.69 Å². The number of alkyl halides is 6. The van der Waals surface area contributed by atoms with E-state index < -0.39 is 49.6 Å². The first-order chi connectivity index (χ1) is 14.6. The first-order valence-electron chi connectivity index (χ1n) is 8.79. The number of halogens is 6. The molecule has 0 saturated heterocycles. The van der Waals surface area contributed by atoms with Gasteiger partial charge in [-0.1, -0.05) is 18.2 Å². The third-order valence-electron chi connectivity index (χ3n) is 4.66. The number of rotatable bonds is 4. The van der Waals surface area contributed by atoms with Crippen LogP contribution in [0.2, 0.25) is 0 Å². The van der Waals surface area contributed by atoms with E-state index in [-0.39, 0.29) is 23.9 Å². The predicted octanol–water partition coefficient (Wildman–Crippen LogP) is 4.32. The lowest BCUT2D eigenvalue weighted by atomic mass is 10.1. The zero-order valence-corrected chi connectivity index (χ0v) is 17.2. The molecule has 1 aromatic heterocycles. The molecule has 0 unspecified atom stereocenters. The van der Waals surface area contributed by atoms with Crippen LogP contribution in [0.3, 0.4) is 0 Å². The number of aromatic nitrogens is 2. The average Bonchev–Trinajstić information content (AvgIpc) is 2.90. The highest BCUT2D eigenvalue weighted by atomic mass is 32.2. The second kappa shape index (κ2) is 7.73. The van der Waals surface area contributed by atoms with E-state index in [1.807, 2.05) is 4.72 Å². The smallest absolute Gasteiger partial charge is 0.283 e. The van der Waals surface area contributed by atoms with Crippen LogP contribution in [0.4, 0.5) is 32.0 Å². The summed E-state index contributed by atoms with van der Waals surface area (Å²) in [4.78, 5) is 11.5. The molecule has 0 amide bonds. The summed E-state index contributed by atoms with van der Waals surface area (Å²) in [5.74, 6) is 0. The van der Waals surface area contributed by atoms with E-state index in [4.69, 9.17) is 0 Å². The SMILES string of the molecule is Cc1c(NS(=O)(=O)c2cc(C(F)(F)F)cc(C(F)(F)F)c2)c(=O)n(-c2ccccc2)n1C. The lowest BCUT2D eigenvalue weighted by Crippen LogP contribution is -2.23. The van der Waals surface area contributed by atoms with Gasteiger partial charge in [0.05, 0.1) is 27.4 Å². The van der Waals surface area contributed by atoms with Crippen molar-refractivity contribution in [1.29, 1.82) is 0 Å². The molecule has 0 bridgehead atoms. The molecule has 1 N–H and O–H groups in total. The van der Waals surface area contributed by atoms with Gasteiger partial charge in [0.2, 0.25) is 0 Å². The molecule has 0 aliphatic rings. The van der Waals surface area contributed by atoms with Gasteiger partial charge in [-0.3, -0.25) is 14.2 Å². The van der Waals surface area contributed by atoms with Crippen molar-refractivity contribution in [2.24, 2.45) is 7.05 Å². The molecule has 2 aromatic carbocycles. The summed E-state index contributed by atoms with van der Waals surface area (Å²) in [6, 6.07) is 8.00. The summed E-state index contributed by atoms with van der Waals surface area (Å²) in [6.45, 7) is 1.37. The molecule has 0 atom stereocenters. The summed E-state index contributed by atoms with van der Waals surface area (Å²) in [6.07, 6.45) is -10.5. The Morgan fingerprint density at radius 2 is 1.38 bits per heavy atom. The number of anilines is 1. The summed E-state index contributed by atoms with van der Waals surface area (Å²) in [7, 11) is -3.55. The molecule has 0 radical (unpaired) electrons. The van der Waals surface area contributed by atoms with Gasteiger partial charge >= 0.3 is 12.4 Å². The van der Waals surface area contributed by atoms with Gasteiger partial charge in [0.15, 0.2) is 0 Å². The Hall–Kier alpha value is -3.22. The maximum atomic E-state index is 13.1. The lowest BCUT2D eigenvalue weighted by molar-refractivity contribution is -0.143. The Morgan fingerprint density at radius 1 is 0.875 bits per heavy atom. The molecule has 6 nitrogen and oxygen atoms in total. The normalized spacial score (nSPS) is 12.8. The van der Waals surface area contributed by atoms with Gasteiger partial charge in [-0.2, -0.15) is 26.3 Å². The molecule has 0 aliphatic carbocycles. The van der Waals surface area contributed by atoms with Crippen LogP contribution in [0.1, 0.15) is 16.8 Å². The molecule has 32 heavy (non-hydrogen) atoms. The van der Waals surface area contributed by atoms with Crippen LogP contribution in [-0.4, -0.2) is 17.8 Å². The summed E-state index contributed by atoms with van der Waals surface area (Å²) in [5.41, 5.74) is -4.50. The van der Waals surface area contributed by atoms with Gasteiger partial charge in [0, 0.05) is 7.05 Å². The van der Waals surface area contributed by atoms with Crippen molar-refractivity contribution < 1.29 is 34.8 Å². The Labute approximate surface area is 177 Å². The molecule has 0 aliphatic heterocycles. The summed E-state index contributed by atoms with van der Waals surface area (Å²) >= 11 is 0. The van der Waals surface area contributed by atoms with Gasteiger partial charge in [0.25, 0.3) is 15.6 Å². The third-order valence-corrected chi connectivity index (χ3v) is 5.99. The van der Waals surface area contributed by atoms with Crippen molar-refractivity contribution in [2.45, 2.75) is 24.2 Å². The van der Waals surface area contributed by atoms with Crippen LogP contribution in [-0.2, 0) is 29.4 Å². The zero-order valence-electron chi connectivity index (χ0n) is 16.4. The molecule has 172 valence electrons. The monoisotopic (exact) mass is 479 g/mol. The quantitative estimate of drug-likeness (QED) is 0.567. The van der Waals surface area contributed by atoms with Crippen molar-refractivity contribution >= 4 is 15.7 Å². The molecular weight excluding hydrogens is 464 g/mol. The minimum Gasteiger partial charge on any atom is -0.283 e. The summed E-state index contributed by atoms with van der Waals surface area (Å²) < 4.78 is 108. The van der Waals surface area contributed by atoms with Crippen molar-refractivity contribution in [3.63, 3.8) is 0 Å². The lowest BCUT2D eigenvalue weighted by Gasteiger charge is -2.15. The van der Waals surface area contributed by atoms with Gasteiger partial charge in [-0.15, -0.1) is 0 Å². The van der Waals surface area contributed by atoms with Gasteiger partial charge in [-0.05, 0) is 37.3 Å². The highest BCUT2D eigenvalue weighted by Crippen LogP contribution is 2.37. The predicted molar refractivity (Wildman–Crippen MR) is 103 cm³/mol. The van der Waals surface area contributed by atoms with E-state index in [2.05, 4.69) is 0 Å². The number of nitrogens with one attached hydrogen (secondary N) is 1. The molecule has 0 spiro atoms. The van der Waals surface area contributed by atoms with Crippen molar-refractivity contribution in [1.82, 2.24) is 9.36 Å². The molecular formula is C19H15F6N3O3S. The highest BCUT2D eigenvalue weighted by Gasteiger charge is 2.38. The maximum Gasteiger partial charge on any atom is 0.416 e. The van der Waals surface area contributed by atoms with E-state index in [0.29, 0.717) is 5.69 Å². The van der Waals surface area contributed by atoms with Crippen LogP contribution < -0.4 is 10.3 Å². The second-order valence-corrected chi connectivity index (χ2v) is 8.47. The maximum absolute atomic E-state index is 13.1. The highest BCUT2D eigenvalue weighted by molar-refractivity contribution is 7.92. The van der Waals surface area contributed by atoms with Crippen molar-refractivity contribution in [3.8, 4) is 5.69 Å². The Morgan fingerprint density at radius 3 is 1.84 bits per heavy atom. The van der Waals surface area contributed by atoms with Crippen LogP contribution in [0.5, 0.6) is 0 Å². The Bertz CT molecular complexity index is 1290. The second-order valence-electron chi connectivity index (χ2n) is 6.78. The minimum atomic E-state index is -5.23. The molecule has 0 saturated carbocycles. The van der Waals surface area contributed by atoms with E-state index in [1.54, 1.807) is 30.3 Å². The first kappa shape index (κ1) is 23.4. The molecule has 3 rings (SSSR count). The van der Waals surface area contributed by atoms with E-state index in [1.165, 1.54) is 18.7 Å². The van der Waals surface area contributed by atoms with Gasteiger partial charge in [-0.25, -0.2) is 13.1 Å². The largest absolute Gasteiger partial charge is 0.416 e. The van der Waals surface area contributed by atoms with Crippen LogP contribution in [0.25, 0.3) is 5.69 Å². The van der Waals surface area contributed by atoms with E-state index >= 15 is 0 Å². The Kier molecular flexibility index (Phi) is 5.66. The van der Waals surface area contributed by atoms with Crippen LogP contribution in [0, 0.1) is 6.92 Å².